The number of benzene rings is 4. The van der Waals surface area contributed by atoms with E-state index < -0.39 is 28.5 Å². The molecule has 10 heteroatoms. The second-order valence-electron chi connectivity index (χ2n) is 10.3. The number of methoxy groups -OCH3 is 1. The van der Waals surface area contributed by atoms with E-state index >= 15 is 0 Å². The second kappa shape index (κ2) is 15.0. The summed E-state index contributed by atoms with van der Waals surface area (Å²) in [6.45, 7) is 3.69. The van der Waals surface area contributed by atoms with Gasteiger partial charge in [-0.2, -0.15) is 0 Å². The molecule has 4 rings (SSSR count). The van der Waals surface area contributed by atoms with Gasteiger partial charge in [-0.25, -0.2) is 8.42 Å². The van der Waals surface area contributed by atoms with E-state index in [2.05, 4.69) is 21.2 Å². The van der Waals surface area contributed by atoms with E-state index in [1.165, 1.54) is 24.1 Å². The van der Waals surface area contributed by atoms with Crippen molar-refractivity contribution in [1.82, 2.24) is 10.2 Å². The van der Waals surface area contributed by atoms with Crippen LogP contribution in [0, 0.1) is 6.92 Å². The summed E-state index contributed by atoms with van der Waals surface area (Å²) in [5.41, 5.74) is 2.95. The first-order valence-corrected chi connectivity index (χ1v) is 16.4. The largest absolute Gasteiger partial charge is 0.497 e. The summed E-state index contributed by atoms with van der Waals surface area (Å²) in [6, 6.07) is 29.0. The zero-order chi connectivity index (χ0) is 31.7. The molecule has 8 nitrogen and oxygen atoms in total. The molecule has 0 saturated carbocycles. The van der Waals surface area contributed by atoms with Crippen molar-refractivity contribution in [3.8, 4) is 5.75 Å². The molecule has 0 saturated heterocycles. The number of aryl methyl sites for hydroxylation is 1. The molecule has 0 radical (unpaired) electrons. The number of carbonyl (C=O) groups is 2. The Labute approximate surface area is 267 Å². The van der Waals surface area contributed by atoms with Crippen LogP contribution in [0.1, 0.15) is 23.6 Å². The van der Waals surface area contributed by atoms with Crippen molar-refractivity contribution >= 4 is 43.5 Å². The first-order chi connectivity index (χ1) is 21.1. The van der Waals surface area contributed by atoms with Crippen molar-refractivity contribution in [2.45, 2.75) is 37.8 Å². The third-order valence-corrected chi connectivity index (χ3v) is 9.45. The van der Waals surface area contributed by atoms with Crippen LogP contribution >= 0.6 is 15.9 Å². The zero-order valence-electron chi connectivity index (χ0n) is 24.9. The minimum Gasteiger partial charge on any atom is -0.497 e. The van der Waals surface area contributed by atoms with Crippen molar-refractivity contribution in [1.29, 1.82) is 0 Å². The van der Waals surface area contributed by atoms with Crippen LogP contribution in [0.5, 0.6) is 5.75 Å². The lowest BCUT2D eigenvalue weighted by Crippen LogP contribution is -2.53. The maximum Gasteiger partial charge on any atom is 0.264 e. The third kappa shape index (κ3) is 8.27. The van der Waals surface area contributed by atoms with Gasteiger partial charge in [0.25, 0.3) is 10.0 Å². The summed E-state index contributed by atoms with van der Waals surface area (Å²) in [6.07, 6.45) is 0.255. The average molecular weight is 679 g/mol. The summed E-state index contributed by atoms with van der Waals surface area (Å²) < 4.78 is 35.4. The smallest absolute Gasteiger partial charge is 0.264 e. The molecule has 0 aliphatic carbocycles. The molecule has 1 N–H and O–H groups in total. The quantitative estimate of drug-likeness (QED) is 0.195. The summed E-state index contributed by atoms with van der Waals surface area (Å²) in [7, 11) is -2.69. The first-order valence-electron chi connectivity index (χ1n) is 14.2. The predicted octanol–water partition coefficient (Wildman–Crippen LogP) is 5.74. The van der Waals surface area contributed by atoms with E-state index in [1.807, 2.05) is 68.4 Å². The number of nitrogens with zero attached hydrogens (tertiary/aromatic N) is 2. The molecule has 0 heterocycles. The summed E-state index contributed by atoms with van der Waals surface area (Å²) in [4.78, 5) is 29.4. The molecule has 0 aliphatic heterocycles. The Kier molecular flexibility index (Phi) is 11.2. The summed E-state index contributed by atoms with van der Waals surface area (Å²) in [5, 5.41) is 2.87. The number of hydrogen-bond acceptors (Lipinski definition) is 5. The Bertz CT molecular complexity index is 1650. The van der Waals surface area contributed by atoms with Gasteiger partial charge in [0.15, 0.2) is 0 Å². The first kappa shape index (κ1) is 32.8. The standard InChI is InChI=1S/C34H36BrN3O5S/c1-4-36-34(40)32(22-26-8-6-5-7-9-26)37(23-27-12-14-28(35)15-13-27)33(39)24-38(29-16-10-25(2)11-17-29)44(41,42)31-20-18-30(43-3)19-21-31/h5-21,32H,4,22-24H2,1-3H3,(H,36,40)/t32-/m1/s1. The van der Waals surface area contributed by atoms with Crippen LogP contribution in [0.4, 0.5) is 5.69 Å². The Morgan fingerprint density at radius 1 is 0.864 bits per heavy atom. The predicted molar refractivity (Wildman–Crippen MR) is 176 cm³/mol. The minimum atomic E-state index is -4.19. The van der Waals surface area contributed by atoms with E-state index in [4.69, 9.17) is 4.74 Å². The van der Waals surface area contributed by atoms with Crippen molar-refractivity contribution in [2.75, 3.05) is 24.5 Å². The number of likely N-dealkylation sites (N-methyl/N-ethyl adjacent to an activating group) is 1. The van der Waals surface area contributed by atoms with Gasteiger partial charge in [0.1, 0.15) is 18.3 Å². The highest BCUT2D eigenvalue weighted by Gasteiger charge is 2.34. The van der Waals surface area contributed by atoms with Gasteiger partial charge >= 0.3 is 0 Å². The molecule has 230 valence electrons. The van der Waals surface area contributed by atoms with E-state index in [0.717, 1.165) is 25.5 Å². The monoisotopic (exact) mass is 677 g/mol. The number of halogens is 1. The Balaban J connectivity index is 1.78. The Hall–Kier alpha value is -4.15. The van der Waals surface area contributed by atoms with E-state index in [0.29, 0.717) is 18.0 Å². The number of sulfonamides is 1. The Morgan fingerprint density at radius 2 is 1.50 bits per heavy atom. The molecule has 4 aromatic carbocycles. The van der Waals surface area contributed by atoms with Crippen LogP contribution in [0.2, 0.25) is 0 Å². The average Bonchev–Trinajstić information content (AvgIpc) is 3.03. The molecule has 0 spiro atoms. The highest BCUT2D eigenvalue weighted by molar-refractivity contribution is 9.10. The van der Waals surface area contributed by atoms with Gasteiger partial charge in [-0.3, -0.25) is 13.9 Å². The third-order valence-electron chi connectivity index (χ3n) is 7.14. The van der Waals surface area contributed by atoms with Gasteiger partial charge in [0.2, 0.25) is 11.8 Å². The summed E-state index contributed by atoms with van der Waals surface area (Å²) >= 11 is 3.45. The molecule has 0 unspecified atom stereocenters. The molecular weight excluding hydrogens is 642 g/mol. The lowest BCUT2D eigenvalue weighted by Gasteiger charge is -2.34. The van der Waals surface area contributed by atoms with E-state index in [-0.39, 0.29) is 23.8 Å². The summed E-state index contributed by atoms with van der Waals surface area (Å²) in [5.74, 6) is -0.326. The molecule has 44 heavy (non-hydrogen) atoms. The number of nitrogens with one attached hydrogen (secondary N) is 1. The molecule has 0 bridgehead atoms. The Morgan fingerprint density at radius 3 is 2.09 bits per heavy atom. The maximum atomic E-state index is 14.4. The highest BCUT2D eigenvalue weighted by Crippen LogP contribution is 2.27. The molecule has 2 amide bonds. The van der Waals surface area contributed by atoms with Gasteiger partial charge in [-0.15, -0.1) is 0 Å². The van der Waals surface area contributed by atoms with Crippen molar-refractivity contribution in [3.63, 3.8) is 0 Å². The van der Waals surface area contributed by atoms with Gasteiger partial charge in [-0.1, -0.05) is 76.1 Å². The fraction of sp³-hybridized carbons (Fsp3) is 0.235. The number of hydrogen-bond donors (Lipinski definition) is 1. The highest BCUT2D eigenvalue weighted by atomic mass is 79.9. The number of rotatable bonds is 13. The van der Waals surface area contributed by atoms with Gasteiger partial charge in [0, 0.05) is 24.0 Å². The minimum absolute atomic E-state index is 0.00990. The van der Waals surface area contributed by atoms with Crippen LogP contribution in [0.25, 0.3) is 0 Å². The van der Waals surface area contributed by atoms with E-state index in [1.54, 1.807) is 36.4 Å². The normalized spacial score (nSPS) is 11.8. The molecule has 1 atom stereocenters. The fourth-order valence-corrected chi connectivity index (χ4v) is 6.43. The molecular formula is C34H36BrN3O5S. The van der Waals surface area contributed by atoms with Gasteiger partial charge < -0.3 is 15.0 Å². The number of amides is 2. The second-order valence-corrected chi connectivity index (χ2v) is 13.0. The van der Waals surface area contributed by atoms with Crippen LogP contribution in [0.15, 0.2) is 112 Å². The van der Waals surface area contributed by atoms with E-state index in [9.17, 15) is 18.0 Å². The zero-order valence-corrected chi connectivity index (χ0v) is 27.3. The number of carbonyl (C=O) groups excluding carboxylic acids is 2. The van der Waals surface area contributed by atoms with Crippen molar-refractivity contribution < 1.29 is 22.7 Å². The molecule has 4 aromatic rings. The van der Waals surface area contributed by atoms with Crippen LogP contribution in [-0.2, 0) is 32.6 Å². The number of anilines is 1. The van der Waals surface area contributed by atoms with Crippen LogP contribution in [-0.4, -0.2) is 51.4 Å². The maximum absolute atomic E-state index is 14.4. The molecule has 0 aliphatic rings. The fourth-order valence-electron chi connectivity index (χ4n) is 4.75. The van der Waals surface area contributed by atoms with Crippen molar-refractivity contribution in [3.05, 3.63) is 124 Å². The van der Waals surface area contributed by atoms with Crippen LogP contribution < -0.4 is 14.4 Å². The van der Waals surface area contributed by atoms with Gasteiger partial charge in [-0.05, 0) is 73.5 Å². The lowest BCUT2D eigenvalue weighted by atomic mass is 10.0. The molecule has 0 aromatic heterocycles. The molecule has 0 fully saturated rings. The lowest BCUT2D eigenvalue weighted by molar-refractivity contribution is -0.140. The number of ether oxygens (including phenoxy) is 1. The van der Waals surface area contributed by atoms with Crippen LogP contribution in [0.3, 0.4) is 0 Å². The van der Waals surface area contributed by atoms with Gasteiger partial charge in [0.05, 0.1) is 17.7 Å². The topological polar surface area (TPSA) is 96.0 Å². The van der Waals surface area contributed by atoms with Crippen molar-refractivity contribution in [2.24, 2.45) is 0 Å². The SMILES string of the molecule is CCNC(=O)[C@@H](Cc1ccccc1)N(Cc1ccc(Br)cc1)C(=O)CN(c1ccc(C)cc1)S(=O)(=O)c1ccc(OC)cc1.